The Hall–Kier alpha value is -4.46. The van der Waals surface area contributed by atoms with Crippen molar-refractivity contribution >= 4 is 10.9 Å². The number of pyridine rings is 2. The Morgan fingerprint density at radius 1 is 1.03 bits per heavy atom. The van der Waals surface area contributed by atoms with Gasteiger partial charge in [-0.25, -0.2) is 13.8 Å². The van der Waals surface area contributed by atoms with Gasteiger partial charge in [0.1, 0.15) is 28.8 Å². The van der Waals surface area contributed by atoms with E-state index in [2.05, 4.69) is 4.98 Å². The standard InChI is InChI=1S/C25H16F5N3O3/c1-12-15(25(28,29)30)11-32-24(36-19-6-4-16(26)22(27)13(19)2)23(12)33-9-8-18(34)21-14(10-31)20(35-3)7-5-17(21)33/h4-9,11H,1-3H3. The van der Waals surface area contributed by atoms with Gasteiger partial charge in [0, 0.05) is 24.0 Å². The third-order valence-electron chi connectivity index (χ3n) is 5.67. The molecule has 0 N–H and O–H groups in total. The van der Waals surface area contributed by atoms with Crippen LogP contribution in [0.15, 0.2) is 47.5 Å². The van der Waals surface area contributed by atoms with E-state index < -0.39 is 28.8 Å². The average molecular weight is 501 g/mol. The highest BCUT2D eigenvalue weighted by Crippen LogP contribution is 2.40. The van der Waals surface area contributed by atoms with E-state index in [9.17, 15) is 32.0 Å². The van der Waals surface area contributed by atoms with Crippen molar-refractivity contribution in [2.75, 3.05) is 7.11 Å². The summed E-state index contributed by atoms with van der Waals surface area (Å²) in [5.41, 5.74) is -2.41. The van der Waals surface area contributed by atoms with Crippen molar-refractivity contribution in [3.8, 4) is 29.1 Å². The van der Waals surface area contributed by atoms with E-state index in [1.807, 2.05) is 6.07 Å². The second-order valence-electron chi connectivity index (χ2n) is 7.73. The van der Waals surface area contributed by atoms with E-state index in [0.717, 1.165) is 18.2 Å². The Morgan fingerprint density at radius 3 is 2.36 bits per heavy atom. The number of alkyl halides is 3. The zero-order valence-electron chi connectivity index (χ0n) is 19.0. The fraction of sp³-hybridized carbons (Fsp3) is 0.160. The van der Waals surface area contributed by atoms with Crippen LogP contribution in [0.4, 0.5) is 22.0 Å². The molecule has 0 saturated heterocycles. The molecule has 2 aromatic heterocycles. The Bertz CT molecular complexity index is 1620. The lowest BCUT2D eigenvalue weighted by Crippen LogP contribution is -2.15. The van der Waals surface area contributed by atoms with Gasteiger partial charge in [-0.2, -0.15) is 18.4 Å². The molecular weight excluding hydrogens is 485 g/mol. The first kappa shape index (κ1) is 24.7. The van der Waals surface area contributed by atoms with Crippen molar-refractivity contribution in [3.05, 3.63) is 86.8 Å². The molecule has 2 heterocycles. The molecule has 0 aliphatic heterocycles. The minimum Gasteiger partial charge on any atom is -0.495 e. The Morgan fingerprint density at radius 2 is 1.72 bits per heavy atom. The van der Waals surface area contributed by atoms with Gasteiger partial charge in [-0.1, -0.05) is 0 Å². The van der Waals surface area contributed by atoms with E-state index in [1.165, 1.54) is 43.9 Å². The second kappa shape index (κ2) is 8.96. The van der Waals surface area contributed by atoms with Crippen LogP contribution in [0.1, 0.15) is 22.3 Å². The van der Waals surface area contributed by atoms with Gasteiger partial charge in [0.2, 0.25) is 5.88 Å². The summed E-state index contributed by atoms with van der Waals surface area (Å²) >= 11 is 0. The van der Waals surface area contributed by atoms with Crippen molar-refractivity contribution in [2.45, 2.75) is 20.0 Å². The molecule has 0 aliphatic rings. The van der Waals surface area contributed by atoms with Crippen LogP contribution in [0.25, 0.3) is 16.6 Å². The summed E-state index contributed by atoms with van der Waals surface area (Å²) in [6.45, 7) is 2.42. The number of rotatable bonds is 4. The Balaban J connectivity index is 2.08. The maximum absolute atomic E-state index is 14.1. The molecule has 184 valence electrons. The normalized spacial score (nSPS) is 11.4. The van der Waals surface area contributed by atoms with E-state index in [4.69, 9.17) is 9.47 Å². The minimum atomic E-state index is -4.78. The van der Waals surface area contributed by atoms with Gasteiger partial charge in [0.15, 0.2) is 17.1 Å². The highest BCUT2D eigenvalue weighted by Gasteiger charge is 2.35. The van der Waals surface area contributed by atoms with Crippen molar-refractivity contribution in [2.24, 2.45) is 0 Å². The zero-order valence-corrected chi connectivity index (χ0v) is 19.0. The van der Waals surface area contributed by atoms with Crippen LogP contribution in [0.5, 0.6) is 17.4 Å². The summed E-state index contributed by atoms with van der Waals surface area (Å²) in [7, 11) is 1.31. The van der Waals surface area contributed by atoms with Gasteiger partial charge in [0.05, 0.1) is 23.6 Å². The molecule has 0 unspecified atom stereocenters. The highest BCUT2D eigenvalue weighted by molar-refractivity contribution is 5.89. The maximum Gasteiger partial charge on any atom is 0.418 e. The molecule has 0 amide bonds. The molecule has 36 heavy (non-hydrogen) atoms. The Labute approximate surface area is 200 Å². The third-order valence-corrected chi connectivity index (χ3v) is 5.67. The SMILES string of the molecule is COc1ccc2c(c1C#N)c(=O)ccn2-c1c(Oc2ccc(F)c(F)c2C)ncc(C(F)(F)F)c1C. The summed E-state index contributed by atoms with van der Waals surface area (Å²) in [5, 5.41) is 9.55. The van der Waals surface area contributed by atoms with Crippen molar-refractivity contribution in [1.29, 1.82) is 5.26 Å². The molecule has 4 rings (SSSR count). The van der Waals surface area contributed by atoms with E-state index in [-0.39, 0.29) is 50.7 Å². The van der Waals surface area contributed by atoms with Gasteiger partial charge in [-0.05, 0) is 43.7 Å². The lowest BCUT2D eigenvalue weighted by atomic mass is 10.1. The van der Waals surface area contributed by atoms with Crippen molar-refractivity contribution in [1.82, 2.24) is 9.55 Å². The molecule has 0 saturated carbocycles. The zero-order chi connectivity index (χ0) is 26.4. The molecule has 0 fully saturated rings. The first-order valence-electron chi connectivity index (χ1n) is 10.3. The minimum absolute atomic E-state index is 0.0796. The maximum atomic E-state index is 14.1. The lowest BCUT2D eigenvalue weighted by Gasteiger charge is -2.21. The molecule has 0 aliphatic carbocycles. The number of aromatic nitrogens is 2. The fourth-order valence-corrected chi connectivity index (χ4v) is 3.87. The highest BCUT2D eigenvalue weighted by atomic mass is 19.4. The van der Waals surface area contributed by atoms with Crippen LogP contribution < -0.4 is 14.9 Å². The summed E-state index contributed by atoms with van der Waals surface area (Å²) < 4.78 is 81.1. The monoisotopic (exact) mass is 501 g/mol. The Kier molecular flexibility index (Phi) is 6.14. The predicted molar refractivity (Wildman–Crippen MR) is 120 cm³/mol. The van der Waals surface area contributed by atoms with Gasteiger partial charge in [-0.15, -0.1) is 0 Å². The quantitative estimate of drug-likeness (QED) is 0.322. The lowest BCUT2D eigenvalue weighted by molar-refractivity contribution is -0.138. The van der Waals surface area contributed by atoms with E-state index in [1.54, 1.807) is 0 Å². The number of fused-ring (bicyclic) bond motifs is 1. The van der Waals surface area contributed by atoms with Crippen LogP contribution in [0, 0.1) is 36.8 Å². The van der Waals surface area contributed by atoms with Gasteiger partial charge in [-0.3, -0.25) is 4.79 Å². The molecule has 2 aromatic carbocycles. The second-order valence-corrected chi connectivity index (χ2v) is 7.73. The molecule has 0 spiro atoms. The molecule has 0 radical (unpaired) electrons. The summed E-state index contributed by atoms with van der Waals surface area (Å²) in [6, 6.07) is 7.70. The van der Waals surface area contributed by atoms with Gasteiger partial charge >= 0.3 is 6.18 Å². The number of nitrogens with zero attached hydrogens (tertiary/aromatic N) is 3. The van der Waals surface area contributed by atoms with Gasteiger partial charge in [0.25, 0.3) is 0 Å². The van der Waals surface area contributed by atoms with E-state index in [0.29, 0.717) is 6.20 Å². The smallest absolute Gasteiger partial charge is 0.418 e. The van der Waals surface area contributed by atoms with Gasteiger partial charge < -0.3 is 14.0 Å². The first-order chi connectivity index (χ1) is 17.0. The van der Waals surface area contributed by atoms with Crippen LogP contribution >= 0.6 is 0 Å². The molecular formula is C25H16F5N3O3. The average Bonchev–Trinajstić information content (AvgIpc) is 2.83. The number of hydrogen-bond donors (Lipinski definition) is 0. The summed E-state index contributed by atoms with van der Waals surface area (Å²) in [4.78, 5) is 16.5. The molecule has 0 atom stereocenters. The molecule has 11 heteroatoms. The number of benzene rings is 2. The largest absolute Gasteiger partial charge is 0.495 e. The van der Waals surface area contributed by atoms with Crippen LogP contribution in [0.3, 0.4) is 0 Å². The van der Waals surface area contributed by atoms with E-state index >= 15 is 0 Å². The number of methoxy groups -OCH3 is 1. The van der Waals surface area contributed by atoms with Crippen LogP contribution in [-0.4, -0.2) is 16.7 Å². The predicted octanol–water partition coefficient (Wildman–Crippen LogP) is 5.97. The molecule has 0 bridgehead atoms. The van der Waals surface area contributed by atoms with Crippen LogP contribution in [-0.2, 0) is 6.18 Å². The number of ether oxygens (including phenoxy) is 2. The summed E-state index contributed by atoms with van der Waals surface area (Å²) in [6.07, 6.45) is -3.00. The number of halogens is 5. The molecule has 6 nitrogen and oxygen atoms in total. The topological polar surface area (TPSA) is 77.1 Å². The van der Waals surface area contributed by atoms with Crippen LogP contribution in [0.2, 0.25) is 0 Å². The fourth-order valence-electron chi connectivity index (χ4n) is 3.87. The molecule has 4 aromatic rings. The summed E-state index contributed by atoms with van der Waals surface area (Å²) in [5.74, 6) is -2.74. The number of hydrogen-bond acceptors (Lipinski definition) is 5. The number of nitriles is 1. The first-order valence-corrected chi connectivity index (χ1v) is 10.3. The van der Waals surface area contributed by atoms with Crippen molar-refractivity contribution in [3.63, 3.8) is 0 Å². The van der Waals surface area contributed by atoms with Crippen molar-refractivity contribution < 1.29 is 31.4 Å². The third kappa shape index (κ3) is 4.00.